The van der Waals surface area contributed by atoms with Crippen molar-refractivity contribution in [3.63, 3.8) is 0 Å². The van der Waals surface area contributed by atoms with Crippen LogP contribution in [0.2, 0.25) is 0 Å². The summed E-state index contributed by atoms with van der Waals surface area (Å²) in [7, 11) is -3.82. The van der Waals surface area contributed by atoms with Gasteiger partial charge < -0.3 is 9.64 Å². The smallest absolute Gasteiger partial charge is 0.187 e. The van der Waals surface area contributed by atoms with E-state index >= 15 is 0 Å². The zero-order chi connectivity index (χ0) is 19.1. The standard InChI is InChI=1S/C17H26N2O5S2/c1-13-4-5-15(24-3)16(10-13)26(22,23)17-12-25(20,21)11-14(17)19-8-6-18(2)7-9-19/h4-5,10,14,17H,6-9,11-12H2,1-3H3/t14-,17-/m0/s1. The van der Waals surface area contributed by atoms with Gasteiger partial charge in [-0.05, 0) is 31.7 Å². The molecule has 2 aliphatic rings. The van der Waals surface area contributed by atoms with Crippen molar-refractivity contribution in [2.24, 2.45) is 0 Å². The van der Waals surface area contributed by atoms with Crippen molar-refractivity contribution in [2.75, 3.05) is 51.8 Å². The summed E-state index contributed by atoms with van der Waals surface area (Å²) in [6.45, 7) is 4.76. The van der Waals surface area contributed by atoms with Gasteiger partial charge in [0, 0.05) is 32.2 Å². The van der Waals surface area contributed by atoms with E-state index in [0.29, 0.717) is 13.1 Å². The van der Waals surface area contributed by atoms with Gasteiger partial charge in [-0.2, -0.15) is 0 Å². The topological polar surface area (TPSA) is 84.0 Å². The molecule has 2 atom stereocenters. The summed E-state index contributed by atoms with van der Waals surface area (Å²) in [6, 6.07) is 4.46. The first-order valence-electron chi connectivity index (χ1n) is 8.65. The molecule has 2 aliphatic heterocycles. The molecule has 0 spiro atoms. The molecule has 0 aromatic heterocycles. The van der Waals surface area contributed by atoms with Crippen LogP contribution in [-0.4, -0.2) is 89.8 Å². The Kier molecular flexibility index (Phi) is 5.35. The van der Waals surface area contributed by atoms with Crippen LogP contribution in [-0.2, 0) is 19.7 Å². The fourth-order valence-corrected chi connectivity index (χ4v) is 8.83. The number of ether oxygens (including phenoxy) is 1. The molecule has 9 heteroatoms. The Bertz CT molecular complexity index is 874. The first kappa shape index (κ1) is 19.6. The van der Waals surface area contributed by atoms with Gasteiger partial charge >= 0.3 is 0 Å². The highest BCUT2D eigenvalue weighted by molar-refractivity contribution is 7.96. The van der Waals surface area contributed by atoms with Gasteiger partial charge in [0.2, 0.25) is 0 Å². The van der Waals surface area contributed by atoms with Crippen LogP contribution in [0.3, 0.4) is 0 Å². The van der Waals surface area contributed by atoms with Gasteiger partial charge in [-0.25, -0.2) is 16.8 Å². The van der Waals surface area contributed by atoms with Gasteiger partial charge in [0.25, 0.3) is 0 Å². The van der Waals surface area contributed by atoms with E-state index in [0.717, 1.165) is 18.7 Å². The van der Waals surface area contributed by atoms with Crippen LogP contribution in [0.15, 0.2) is 23.1 Å². The van der Waals surface area contributed by atoms with E-state index in [1.165, 1.54) is 7.11 Å². The molecule has 1 aromatic rings. The third-order valence-corrected chi connectivity index (χ3v) is 9.44. The van der Waals surface area contributed by atoms with Crippen LogP contribution in [0.1, 0.15) is 5.56 Å². The second-order valence-electron chi connectivity index (χ2n) is 7.22. The Morgan fingerprint density at radius 3 is 2.38 bits per heavy atom. The number of rotatable bonds is 4. The first-order chi connectivity index (χ1) is 12.1. The number of benzene rings is 1. The molecule has 0 aliphatic carbocycles. The summed E-state index contributed by atoms with van der Waals surface area (Å²) in [4.78, 5) is 4.27. The number of methoxy groups -OCH3 is 1. The largest absolute Gasteiger partial charge is 0.495 e. The molecule has 0 bridgehead atoms. The Morgan fingerprint density at radius 2 is 1.77 bits per heavy atom. The summed E-state index contributed by atoms with van der Waals surface area (Å²) < 4.78 is 56.7. The Balaban J connectivity index is 2.00. The number of hydrogen-bond donors (Lipinski definition) is 0. The fraction of sp³-hybridized carbons (Fsp3) is 0.647. The first-order valence-corrected chi connectivity index (χ1v) is 12.0. The van der Waals surface area contributed by atoms with Gasteiger partial charge in [-0.1, -0.05) is 6.07 Å². The highest BCUT2D eigenvalue weighted by Crippen LogP contribution is 2.34. The van der Waals surface area contributed by atoms with Crippen LogP contribution in [0.4, 0.5) is 0 Å². The van der Waals surface area contributed by atoms with Gasteiger partial charge in [0.1, 0.15) is 10.6 Å². The van der Waals surface area contributed by atoms with E-state index in [2.05, 4.69) is 4.90 Å². The van der Waals surface area contributed by atoms with E-state index in [-0.39, 0.29) is 22.2 Å². The summed E-state index contributed by atoms with van der Waals surface area (Å²) in [5.74, 6) is -0.171. The quantitative estimate of drug-likeness (QED) is 0.711. The van der Waals surface area contributed by atoms with Crippen LogP contribution >= 0.6 is 0 Å². The lowest BCUT2D eigenvalue weighted by molar-refractivity contribution is 0.122. The van der Waals surface area contributed by atoms with Crippen molar-refractivity contribution >= 4 is 19.7 Å². The second-order valence-corrected chi connectivity index (χ2v) is 11.5. The maximum absolute atomic E-state index is 13.4. The molecule has 0 radical (unpaired) electrons. The lowest BCUT2D eigenvalue weighted by Crippen LogP contribution is -2.54. The van der Waals surface area contributed by atoms with Crippen molar-refractivity contribution in [2.45, 2.75) is 23.1 Å². The van der Waals surface area contributed by atoms with E-state index in [4.69, 9.17) is 4.74 Å². The maximum atomic E-state index is 13.4. The highest BCUT2D eigenvalue weighted by Gasteiger charge is 2.49. The predicted molar refractivity (Wildman–Crippen MR) is 100 cm³/mol. The Morgan fingerprint density at radius 1 is 1.12 bits per heavy atom. The van der Waals surface area contributed by atoms with Crippen molar-refractivity contribution in [1.29, 1.82) is 0 Å². The van der Waals surface area contributed by atoms with Gasteiger partial charge in [0.05, 0.1) is 23.9 Å². The molecular formula is C17H26N2O5S2. The lowest BCUT2D eigenvalue weighted by Gasteiger charge is -2.38. The van der Waals surface area contributed by atoms with Crippen LogP contribution in [0.5, 0.6) is 5.75 Å². The molecule has 2 saturated heterocycles. The zero-order valence-electron chi connectivity index (χ0n) is 15.4. The molecule has 2 fully saturated rings. The molecule has 3 rings (SSSR count). The average Bonchev–Trinajstić information content (AvgIpc) is 2.92. The van der Waals surface area contributed by atoms with Gasteiger partial charge in [0.15, 0.2) is 19.7 Å². The predicted octanol–water partition coefficient (Wildman–Crippen LogP) is 0.190. The van der Waals surface area contributed by atoms with Crippen LogP contribution < -0.4 is 4.74 Å². The van der Waals surface area contributed by atoms with E-state index in [9.17, 15) is 16.8 Å². The Labute approximate surface area is 155 Å². The molecule has 146 valence electrons. The number of hydrogen-bond acceptors (Lipinski definition) is 7. The minimum absolute atomic E-state index is 0.0845. The molecule has 0 saturated carbocycles. The zero-order valence-corrected chi connectivity index (χ0v) is 17.0. The van der Waals surface area contributed by atoms with Crippen molar-refractivity contribution in [3.8, 4) is 5.75 Å². The molecule has 2 heterocycles. The number of aryl methyl sites for hydroxylation is 1. The second kappa shape index (κ2) is 7.10. The summed E-state index contributed by atoms with van der Waals surface area (Å²) in [5.41, 5.74) is 0.793. The fourth-order valence-electron chi connectivity index (χ4n) is 3.76. The maximum Gasteiger partial charge on any atom is 0.187 e. The summed E-state index contributed by atoms with van der Waals surface area (Å²) in [6.07, 6.45) is 0. The minimum atomic E-state index is -3.85. The SMILES string of the molecule is COc1ccc(C)cc1S(=O)(=O)[C@H]1CS(=O)(=O)C[C@@H]1N1CCN(C)CC1. The summed E-state index contributed by atoms with van der Waals surface area (Å²) >= 11 is 0. The van der Waals surface area contributed by atoms with Crippen molar-refractivity contribution in [1.82, 2.24) is 9.80 Å². The molecule has 0 N–H and O–H groups in total. The number of likely N-dealkylation sites (N-methyl/N-ethyl adjacent to an activating group) is 1. The monoisotopic (exact) mass is 402 g/mol. The van der Waals surface area contributed by atoms with E-state index in [1.54, 1.807) is 18.2 Å². The molecular weight excluding hydrogens is 376 g/mol. The lowest BCUT2D eigenvalue weighted by atomic mass is 10.2. The molecule has 0 amide bonds. The van der Waals surface area contributed by atoms with Crippen molar-refractivity contribution in [3.05, 3.63) is 23.8 Å². The highest BCUT2D eigenvalue weighted by atomic mass is 32.2. The molecule has 1 aromatic carbocycles. The molecule has 0 unspecified atom stereocenters. The number of nitrogens with zero attached hydrogens (tertiary/aromatic N) is 2. The summed E-state index contributed by atoms with van der Waals surface area (Å²) in [5, 5.41) is -0.966. The van der Waals surface area contributed by atoms with E-state index < -0.39 is 31.0 Å². The average molecular weight is 403 g/mol. The van der Waals surface area contributed by atoms with Crippen LogP contribution in [0.25, 0.3) is 0 Å². The molecule has 26 heavy (non-hydrogen) atoms. The van der Waals surface area contributed by atoms with Gasteiger partial charge in [-0.3, -0.25) is 4.90 Å². The minimum Gasteiger partial charge on any atom is -0.495 e. The third-order valence-electron chi connectivity index (χ3n) is 5.30. The van der Waals surface area contributed by atoms with Gasteiger partial charge in [-0.15, -0.1) is 0 Å². The number of piperazine rings is 1. The van der Waals surface area contributed by atoms with Crippen molar-refractivity contribution < 1.29 is 21.6 Å². The normalized spacial score (nSPS) is 27.5. The third kappa shape index (κ3) is 3.76. The Hall–Kier alpha value is -1.16. The molecule has 7 nitrogen and oxygen atoms in total. The van der Waals surface area contributed by atoms with Crippen LogP contribution in [0, 0.1) is 6.92 Å². The number of sulfone groups is 2. The van der Waals surface area contributed by atoms with E-state index in [1.807, 2.05) is 18.9 Å².